The average Bonchev–Trinajstić information content (AvgIpc) is 3.00. The van der Waals surface area contributed by atoms with Crippen LogP contribution in [0.2, 0.25) is 0 Å². The number of nitriles is 1. The monoisotopic (exact) mass is 280 g/mol. The Kier molecular flexibility index (Phi) is 3.65. The maximum atomic E-state index is 9.47. The van der Waals surface area contributed by atoms with Crippen LogP contribution in [0.15, 0.2) is 42.5 Å². The molecule has 1 unspecified atom stereocenters. The van der Waals surface area contributed by atoms with Crippen molar-refractivity contribution >= 4 is 5.69 Å². The van der Waals surface area contributed by atoms with Gasteiger partial charge >= 0.3 is 0 Å². The molecule has 0 spiro atoms. The second kappa shape index (κ2) is 5.76. The molecule has 4 heteroatoms. The van der Waals surface area contributed by atoms with E-state index in [1.807, 2.05) is 42.5 Å². The van der Waals surface area contributed by atoms with Crippen molar-refractivity contribution in [1.29, 1.82) is 5.26 Å². The van der Waals surface area contributed by atoms with Crippen molar-refractivity contribution in [3.05, 3.63) is 53.6 Å². The van der Waals surface area contributed by atoms with Crippen molar-refractivity contribution in [2.24, 2.45) is 0 Å². The van der Waals surface area contributed by atoms with Gasteiger partial charge in [0.15, 0.2) is 0 Å². The predicted octanol–water partition coefficient (Wildman–Crippen LogP) is 3.31. The summed E-state index contributed by atoms with van der Waals surface area (Å²) in [6, 6.07) is 15.4. The van der Waals surface area contributed by atoms with E-state index in [2.05, 4.69) is 11.4 Å². The van der Waals surface area contributed by atoms with E-state index >= 15 is 0 Å². The third-order valence-corrected chi connectivity index (χ3v) is 3.58. The number of nitrogens with one attached hydrogen (secondary N) is 1. The fourth-order valence-corrected chi connectivity index (χ4v) is 2.50. The third kappa shape index (κ3) is 2.63. The molecule has 1 aliphatic rings. The minimum Gasteiger partial charge on any atom is -0.495 e. The maximum Gasteiger partial charge on any atom is 0.141 e. The first-order valence-corrected chi connectivity index (χ1v) is 6.86. The molecule has 2 aromatic rings. The number of nitrogens with zero attached hydrogens (tertiary/aromatic N) is 1. The Balaban J connectivity index is 1.87. The Morgan fingerprint density at radius 2 is 2.14 bits per heavy atom. The molecule has 3 rings (SSSR count). The summed E-state index contributed by atoms with van der Waals surface area (Å²) in [4.78, 5) is 0. The molecule has 0 bridgehead atoms. The Morgan fingerprint density at radius 3 is 2.95 bits per heavy atom. The van der Waals surface area contributed by atoms with E-state index in [-0.39, 0.29) is 0 Å². The van der Waals surface area contributed by atoms with E-state index in [1.54, 1.807) is 7.11 Å². The van der Waals surface area contributed by atoms with E-state index in [0.29, 0.717) is 0 Å². The molecule has 1 N–H and O–H groups in total. The second-order valence-corrected chi connectivity index (χ2v) is 4.87. The Bertz CT molecular complexity index is 691. The average molecular weight is 280 g/mol. The summed E-state index contributed by atoms with van der Waals surface area (Å²) in [5, 5.41) is 12.7. The largest absolute Gasteiger partial charge is 0.495 e. The Labute approximate surface area is 123 Å². The zero-order valence-corrected chi connectivity index (χ0v) is 11.8. The molecule has 0 amide bonds. The van der Waals surface area contributed by atoms with Gasteiger partial charge in [0, 0.05) is 6.42 Å². The van der Waals surface area contributed by atoms with Gasteiger partial charge in [-0.25, -0.2) is 0 Å². The normalized spacial score (nSPS) is 13.7. The summed E-state index contributed by atoms with van der Waals surface area (Å²) in [5.74, 6) is 1.65. The van der Waals surface area contributed by atoms with Crippen molar-refractivity contribution in [2.75, 3.05) is 19.0 Å². The van der Waals surface area contributed by atoms with Gasteiger partial charge < -0.3 is 14.8 Å². The van der Waals surface area contributed by atoms with Crippen LogP contribution in [-0.4, -0.2) is 13.7 Å². The summed E-state index contributed by atoms with van der Waals surface area (Å²) in [5.41, 5.74) is 2.91. The summed E-state index contributed by atoms with van der Waals surface area (Å²) >= 11 is 0. The van der Waals surface area contributed by atoms with Crippen molar-refractivity contribution in [3.8, 4) is 17.6 Å². The smallest absolute Gasteiger partial charge is 0.141 e. The SMILES string of the molecule is COc1ccccc1NC(C#N)c1ccc2c(c1)CCO2. The highest BCUT2D eigenvalue weighted by Crippen LogP contribution is 2.31. The zero-order chi connectivity index (χ0) is 14.7. The molecule has 0 aliphatic carbocycles. The first kappa shape index (κ1) is 13.3. The van der Waals surface area contributed by atoms with Gasteiger partial charge in [-0.3, -0.25) is 0 Å². The molecule has 106 valence electrons. The number of methoxy groups -OCH3 is 1. The molecular weight excluding hydrogens is 264 g/mol. The van der Waals surface area contributed by atoms with E-state index in [0.717, 1.165) is 41.3 Å². The number of hydrogen-bond donors (Lipinski definition) is 1. The summed E-state index contributed by atoms with van der Waals surface area (Å²) < 4.78 is 10.8. The summed E-state index contributed by atoms with van der Waals surface area (Å²) in [6.45, 7) is 0.718. The van der Waals surface area contributed by atoms with Gasteiger partial charge in [0.1, 0.15) is 17.5 Å². The van der Waals surface area contributed by atoms with Crippen molar-refractivity contribution in [3.63, 3.8) is 0 Å². The fourth-order valence-electron chi connectivity index (χ4n) is 2.50. The van der Waals surface area contributed by atoms with Gasteiger partial charge in [-0.15, -0.1) is 0 Å². The highest BCUT2D eigenvalue weighted by molar-refractivity contribution is 5.58. The molecule has 0 saturated heterocycles. The number of benzene rings is 2. The van der Waals surface area contributed by atoms with Gasteiger partial charge in [-0.2, -0.15) is 5.26 Å². The number of fused-ring (bicyclic) bond motifs is 1. The number of para-hydroxylation sites is 2. The van der Waals surface area contributed by atoms with Crippen LogP contribution in [-0.2, 0) is 6.42 Å². The maximum absolute atomic E-state index is 9.47. The van der Waals surface area contributed by atoms with E-state index in [4.69, 9.17) is 9.47 Å². The van der Waals surface area contributed by atoms with Crippen molar-refractivity contribution in [1.82, 2.24) is 0 Å². The molecule has 0 fully saturated rings. The lowest BCUT2D eigenvalue weighted by molar-refractivity contribution is 0.357. The highest BCUT2D eigenvalue weighted by Gasteiger charge is 2.17. The van der Waals surface area contributed by atoms with E-state index < -0.39 is 6.04 Å². The van der Waals surface area contributed by atoms with Crippen LogP contribution >= 0.6 is 0 Å². The highest BCUT2D eigenvalue weighted by atomic mass is 16.5. The van der Waals surface area contributed by atoms with Gasteiger partial charge in [0.05, 0.1) is 25.5 Å². The van der Waals surface area contributed by atoms with Crippen LogP contribution in [0.4, 0.5) is 5.69 Å². The molecule has 0 saturated carbocycles. The predicted molar refractivity (Wildman–Crippen MR) is 80.6 cm³/mol. The van der Waals surface area contributed by atoms with E-state index in [1.165, 1.54) is 0 Å². The zero-order valence-electron chi connectivity index (χ0n) is 11.8. The second-order valence-electron chi connectivity index (χ2n) is 4.87. The minimum atomic E-state index is -0.424. The molecule has 21 heavy (non-hydrogen) atoms. The summed E-state index contributed by atoms with van der Waals surface area (Å²) in [6.07, 6.45) is 0.899. The van der Waals surface area contributed by atoms with Crippen LogP contribution in [0.25, 0.3) is 0 Å². The summed E-state index contributed by atoms with van der Waals surface area (Å²) in [7, 11) is 1.62. The molecule has 4 nitrogen and oxygen atoms in total. The van der Waals surface area contributed by atoms with E-state index in [9.17, 15) is 5.26 Å². The number of anilines is 1. The number of rotatable bonds is 4. The lowest BCUT2D eigenvalue weighted by atomic mass is 10.0. The molecule has 1 aliphatic heterocycles. The molecule has 0 radical (unpaired) electrons. The number of ether oxygens (including phenoxy) is 2. The van der Waals surface area contributed by atoms with Crippen LogP contribution in [0.1, 0.15) is 17.2 Å². The first-order chi connectivity index (χ1) is 10.3. The number of hydrogen-bond acceptors (Lipinski definition) is 4. The lowest BCUT2D eigenvalue weighted by Crippen LogP contribution is -2.09. The minimum absolute atomic E-state index is 0.424. The fraction of sp³-hybridized carbons (Fsp3) is 0.235. The first-order valence-electron chi connectivity index (χ1n) is 6.86. The van der Waals surface area contributed by atoms with Gasteiger partial charge in [0.25, 0.3) is 0 Å². The van der Waals surface area contributed by atoms with Crippen LogP contribution in [0.3, 0.4) is 0 Å². The van der Waals surface area contributed by atoms with Crippen molar-refractivity contribution < 1.29 is 9.47 Å². The Morgan fingerprint density at radius 1 is 1.29 bits per heavy atom. The van der Waals surface area contributed by atoms with Crippen LogP contribution in [0.5, 0.6) is 11.5 Å². The molecule has 2 aromatic carbocycles. The Hall–Kier alpha value is -2.67. The van der Waals surface area contributed by atoms with Gasteiger partial charge in [-0.1, -0.05) is 18.2 Å². The quantitative estimate of drug-likeness (QED) is 0.933. The molecular formula is C17H16N2O2. The molecule has 1 heterocycles. The lowest BCUT2D eigenvalue weighted by Gasteiger charge is -2.16. The third-order valence-electron chi connectivity index (χ3n) is 3.58. The molecule has 0 aromatic heterocycles. The van der Waals surface area contributed by atoms with Crippen LogP contribution in [0, 0.1) is 11.3 Å². The topological polar surface area (TPSA) is 54.3 Å². The standard InChI is InChI=1S/C17H16N2O2/c1-20-17-5-3-2-4-14(17)19-15(11-18)12-6-7-16-13(10-12)8-9-21-16/h2-7,10,15,19H,8-9H2,1H3. The van der Waals surface area contributed by atoms with Gasteiger partial charge in [-0.05, 0) is 35.4 Å². The molecule has 1 atom stereocenters. The van der Waals surface area contributed by atoms with Gasteiger partial charge in [0.2, 0.25) is 0 Å². The van der Waals surface area contributed by atoms with Crippen LogP contribution < -0.4 is 14.8 Å². The van der Waals surface area contributed by atoms with Crippen molar-refractivity contribution in [2.45, 2.75) is 12.5 Å².